The van der Waals surface area contributed by atoms with Crippen molar-refractivity contribution >= 4 is 0 Å². The number of hydrogen-bond acceptors (Lipinski definition) is 3. The van der Waals surface area contributed by atoms with Crippen LogP contribution in [0.25, 0.3) is 0 Å². The van der Waals surface area contributed by atoms with Crippen LogP contribution >= 0.6 is 0 Å². The average molecular weight is 259 g/mol. The van der Waals surface area contributed by atoms with Crippen molar-refractivity contribution in [3.8, 4) is 5.75 Å². The second kappa shape index (κ2) is 5.89. The zero-order valence-corrected chi connectivity index (χ0v) is 11.9. The van der Waals surface area contributed by atoms with Gasteiger partial charge in [-0.15, -0.1) is 0 Å². The first-order chi connectivity index (χ1) is 9.13. The Morgan fingerprint density at radius 2 is 1.89 bits per heavy atom. The third kappa shape index (κ3) is 2.96. The highest BCUT2D eigenvalue weighted by Crippen LogP contribution is 2.26. The van der Waals surface area contributed by atoms with Gasteiger partial charge in [0, 0.05) is 30.9 Å². The molecule has 102 valence electrons. The van der Waals surface area contributed by atoms with Crippen LogP contribution in [0, 0.1) is 0 Å². The lowest BCUT2D eigenvalue weighted by molar-refractivity contribution is 0.394. The van der Waals surface area contributed by atoms with Crippen molar-refractivity contribution in [3.05, 3.63) is 47.8 Å². The summed E-state index contributed by atoms with van der Waals surface area (Å²) in [5, 5.41) is 7.78. The van der Waals surface area contributed by atoms with E-state index in [-0.39, 0.29) is 12.1 Å². The van der Waals surface area contributed by atoms with Crippen LogP contribution in [0.1, 0.15) is 37.2 Å². The van der Waals surface area contributed by atoms with Crippen molar-refractivity contribution in [2.45, 2.75) is 25.9 Å². The molecule has 0 bridgehead atoms. The molecule has 1 aromatic heterocycles. The first kappa shape index (κ1) is 13.6. The maximum atomic E-state index is 5.40. The molecule has 0 aliphatic rings. The van der Waals surface area contributed by atoms with E-state index < -0.39 is 0 Å². The quantitative estimate of drug-likeness (QED) is 0.897. The summed E-state index contributed by atoms with van der Waals surface area (Å²) in [5.74, 6) is 0.916. The first-order valence-electron chi connectivity index (χ1n) is 6.50. The Balaban J connectivity index is 2.13. The van der Waals surface area contributed by atoms with Gasteiger partial charge < -0.3 is 10.1 Å². The third-order valence-electron chi connectivity index (χ3n) is 3.41. The first-order valence-corrected chi connectivity index (χ1v) is 6.50. The molecular weight excluding hydrogens is 238 g/mol. The minimum atomic E-state index is 0.209. The molecule has 1 aromatic carbocycles. The molecule has 0 radical (unpaired) electrons. The summed E-state index contributed by atoms with van der Waals surface area (Å²) in [6.45, 7) is 4.29. The summed E-state index contributed by atoms with van der Waals surface area (Å²) < 4.78 is 7.30. The van der Waals surface area contributed by atoms with Gasteiger partial charge in [0.15, 0.2) is 0 Å². The van der Waals surface area contributed by atoms with Crippen LogP contribution in [0.2, 0.25) is 0 Å². The highest BCUT2D eigenvalue weighted by Gasteiger charge is 2.16. The predicted octanol–water partition coefficient (Wildman–Crippen LogP) is 2.84. The fraction of sp³-hybridized carbons (Fsp3) is 0.400. The SMILES string of the molecule is COc1ccccc1[C@@H](C)NC(C)c1ccnn1C. The summed E-state index contributed by atoms with van der Waals surface area (Å²) >= 11 is 0. The van der Waals surface area contributed by atoms with Crippen LogP contribution in [0.5, 0.6) is 5.75 Å². The van der Waals surface area contributed by atoms with Crippen molar-refractivity contribution in [3.63, 3.8) is 0 Å². The monoisotopic (exact) mass is 259 g/mol. The van der Waals surface area contributed by atoms with E-state index in [2.05, 4.69) is 30.3 Å². The number of nitrogens with one attached hydrogen (secondary N) is 1. The lowest BCUT2D eigenvalue weighted by Gasteiger charge is -2.22. The van der Waals surface area contributed by atoms with E-state index in [9.17, 15) is 0 Å². The third-order valence-corrected chi connectivity index (χ3v) is 3.41. The topological polar surface area (TPSA) is 39.1 Å². The van der Waals surface area contributed by atoms with Gasteiger partial charge in [0.1, 0.15) is 5.75 Å². The van der Waals surface area contributed by atoms with Crippen molar-refractivity contribution < 1.29 is 4.74 Å². The largest absolute Gasteiger partial charge is 0.496 e. The summed E-state index contributed by atoms with van der Waals surface area (Å²) in [5.41, 5.74) is 2.33. The number of nitrogens with zero attached hydrogens (tertiary/aromatic N) is 2. The minimum Gasteiger partial charge on any atom is -0.496 e. The molecule has 2 rings (SSSR count). The molecular formula is C15H21N3O. The smallest absolute Gasteiger partial charge is 0.123 e. The lowest BCUT2D eigenvalue weighted by Crippen LogP contribution is -2.24. The number of methoxy groups -OCH3 is 1. The van der Waals surface area contributed by atoms with Gasteiger partial charge in [-0.2, -0.15) is 5.10 Å². The molecule has 2 aromatic rings. The Morgan fingerprint density at radius 1 is 1.16 bits per heavy atom. The number of aryl methyl sites for hydroxylation is 1. The number of benzene rings is 1. The molecule has 0 saturated heterocycles. The van der Waals surface area contributed by atoms with Gasteiger partial charge >= 0.3 is 0 Å². The van der Waals surface area contributed by atoms with Crippen molar-refractivity contribution in [1.29, 1.82) is 0 Å². The summed E-state index contributed by atoms with van der Waals surface area (Å²) in [7, 11) is 3.66. The van der Waals surface area contributed by atoms with Crippen molar-refractivity contribution in [2.75, 3.05) is 7.11 Å². The molecule has 0 saturated carbocycles. The van der Waals surface area contributed by atoms with E-state index >= 15 is 0 Å². The Kier molecular flexibility index (Phi) is 4.22. The van der Waals surface area contributed by atoms with E-state index in [4.69, 9.17) is 4.74 Å². The van der Waals surface area contributed by atoms with E-state index in [0.717, 1.165) is 5.75 Å². The Hall–Kier alpha value is -1.81. The van der Waals surface area contributed by atoms with E-state index in [1.807, 2.05) is 42.2 Å². The fourth-order valence-electron chi connectivity index (χ4n) is 2.38. The van der Waals surface area contributed by atoms with Gasteiger partial charge in [0.05, 0.1) is 12.8 Å². The zero-order chi connectivity index (χ0) is 13.8. The Labute approximate surface area is 114 Å². The molecule has 0 amide bonds. The molecule has 0 fully saturated rings. The standard InChI is InChI=1S/C15H21N3O/c1-11(13-7-5-6-8-15(13)19-4)17-12(2)14-9-10-16-18(14)3/h5-12,17H,1-4H3/t11-,12?/m1/s1. The molecule has 1 heterocycles. The highest BCUT2D eigenvalue weighted by atomic mass is 16.5. The molecule has 0 aliphatic heterocycles. The normalized spacial score (nSPS) is 14.1. The Morgan fingerprint density at radius 3 is 2.53 bits per heavy atom. The van der Waals surface area contributed by atoms with Gasteiger partial charge in [0.2, 0.25) is 0 Å². The maximum Gasteiger partial charge on any atom is 0.123 e. The molecule has 1 unspecified atom stereocenters. The zero-order valence-electron chi connectivity index (χ0n) is 11.9. The van der Waals surface area contributed by atoms with E-state index in [1.165, 1.54) is 11.3 Å². The van der Waals surface area contributed by atoms with Crippen LogP contribution in [0.4, 0.5) is 0 Å². The van der Waals surface area contributed by atoms with Gasteiger partial charge in [-0.25, -0.2) is 0 Å². The number of hydrogen-bond donors (Lipinski definition) is 1. The molecule has 1 N–H and O–H groups in total. The predicted molar refractivity (Wildman–Crippen MR) is 76.2 cm³/mol. The lowest BCUT2D eigenvalue weighted by atomic mass is 10.1. The molecule has 0 aliphatic carbocycles. The molecule has 2 atom stereocenters. The number of rotatable bonds is 5. The highest BCUT2D eigenvalue weighted by molar-refractivity contribution is 5.35. The van der Waals surface area contributed by atoms with Crippen molar-refractivity contribution in [2.24, 2.45) is 7.05 Å². The molecule has 4 heteroatoms. The maximum absolute atomic E-state index is 5.40. The Bertz CT molecular complexity index is 536. The van der Waals surface area contributed by atoms with Gasteiger partial charge in [-0.1, -0.05) is 18.2 Å². The van der Waals surface area contributed by atoms with E-state index in [1.54, 1.807) is 7.11 Å². The molecule has 0 spiro atoms. The summed E-state index contributed by atoms with van der Waals surface area (Å²) in [6.07, 6.45) is 1.82. The van der Waals surface area contributed by atoms with Crippen LogP contribution < -0.4 is 10.1 Å². The number of ether oxygens (including phenoxy) is 1. The van der Waals surface area contributed by atoms with Crippen LogP contribution in [0.3, 0.4) is 0 Å². The average Bonchev–Trinajstić information content (AvgIpc) is 2.85. The summed E-state index contributed by atoms with van der Waals surface area (Å²) in [4.78, 5) is 0. The molecule has 4 nitrogen and oxygen atoms in total. The second-order valence-electron chi connectivity index (χ2n) is 4.73. The van der Waals surface area contributed by atoms with Crippen LogP contribution in [0.15, 0.2) is 36.5 Å². The van der Waals surface area contributed by atoms with Crippen molar-refractivity contribution in [1.82, 2.24) is 15.1 Å². The van der Waals surface area contributed by atoms with Gasteiger partial charge in [0.25, 0.3) is 0 Å². The minimum absolute atomic E-state index is 0.209. The van der Waals surface area contributed by atoms with Crippen LogP contribution in [-0.4, -0.2) is 16.9 Å². The summed E-state index contributed by atoms with van der Waals surface area (Å²) in [6, 6.07) is 10.6. The van der Waals surface area contributed by atoms with Crippen LogP contribution in [-0.2, 0) is 7.05 Å². The number of para-hydroxylation sites is 1. The van der Waals surface area contributed by atoms with Gasteiger partial charge in [-0.05, 0) is 26.0 Å². The van der Waals surface area contributed by atoms with E-state index in [0.29, 0.717) is 0 Å². The number of aromatic nitrogens is 2. The van der Waals surface area contributed by atoms with Gasteiger partial charge in [-0.3, -0.25) is 4.68 Å². The molecule has 19 heavy (non-hydrogen) atoms. The second-order valence-corrected chi connectivity index (χ2v) is 4.73. The fourth-order valence-corrected chi connectivity index (χ4v) is 2.38.